The Morgan fingerprint density at radius 2 is 2.07 bits per heavy atom. The van der Waals surface area contributed by atoms with Gasteiger partial charge in [-0.2, -0.15) is 0 Å². The molecule has 4 rings (SSSR count). The average Bonchev–Trinajstić information content (AvgIpc) is 3.16. The lowest BCUT2D eigenvalue weighted by Gasteiger charge is -2.18. The Kier molecular flexibility index (Phi) is 4.96. The highest BCUT2D eigenvalue weighted by molar-refractivity contribution is 8.02. The van der Waals surface area contributed by atoms with Crippen LogP contribution in [0.4, 0.5) is 5.69 Å². The van der Waals surface area contributed by atoms with Gasteiger partial charge in [-0.1, -0.05) is 42.1 Å². The first-order chi connectivity index (χ1) is 13.1. The van der Waals surface area contributed by atoms with Crippen molar-refractivity contribution in [3.63, 3.8) is 0 Å². The van der Waals surface area contributed by atoms with Gasteiger partial charge in [-0.05, 0) is 25.1 Å². The van der Waals surface area contributed by atoms with E-state index in [0.717, 1.165) is 15.6 Å². The summed E-state index contributed by atoms with van der Waals surface area (Å²) in [5.74, 6) is 0.351. The zero-order chi connectivity index (χ0) is 18.8. The quantitative estimate of drug-likeness (QED) is 0.508. The molecule has 1 aliphatic heterocycles. The SMILES string of the molecule is C[C@@H](Sc1nc(-c2ccccc2)cs1)C(=O)c1ccc2c(c1)NC(=O)CO2. The number of hydrogen-bond donors (Lipinski definition) is 1. The van der Waals surface area contributed by atoms with Crippen LogP contribution in [0, 0.1) is 0 Å². The van der Waals surface area contributed by atoms with Crippen LogP contribution in [0.25, 0.3) is 11.3 Å². The molecule has 1 aromatic heterocycles. The Hall–Kier alpha value is -2.64. The van der Waals surface area contributed by atoms with Gasteiger partial charge in [0.05, 0.1) is 16.6 Å². The minimum absolute atomic E-state index is 0.000340. The van der Waals surface area contributed by atoms with E-state index in [1.807, 2.05) is 42.6 Å². The fourth-order valence-corrected chi connectivity index (χ4v) is 4.78. The molecule has 1 aliphatic rings. The van der Waals surface area contributed by atoms with Gasteiger partial charge < -0.3 is 10.1 Å². The fourth-order valence-electron chi connectivity index (χ4n) is 2.73. The number of benzene rings is 2. The Morgan fingerprint density at radius 3 is 2.89 bits per heavy atom. The number of thioether (sulfide) groups is 1. The predicted octanol–water partition coefficient (Wildman–Crippen LogP) is 4.50. The maximum Gasteiger partial charge on any atom is 0.262 e. The number of nitrogens with zero attached hydrogens (tertiary/aromatic N) is 1. The molecule has 1 atom stereocenters. The third-order valence-corrected chi connectivity index (χ3v) is 6.17. The molecule has 7 heteroatoms. The number of nitrogens with one attached hydrogen (secondary N) is 1. The van der Waals surface area contributed by atoms with Crippen LogP contribution < -0.4 is 10.1 Å². The van der Waals surface area contributed by atoms with Crippen molar-refractivity contribution in [1.29, 1.82) is 0 Å². The number of ether oxygens (including phenoxy) is 1. The molecule has 0 aliphatic carbocycles. The van der Waals surface area contributed by atoms with Crippen LogP contribution in [0.2, 0.25) is 0 Å². The molecule has 0 saturated carbocycles. The minimum Gasteiger partial charge on any atom is -0.482 e. The smallest absolute Gasteiger partial charge is 0.262 e. The van der Waals surface area contributed by atoms with Crippen LogP contribution >= 0.6 is 23.1 Å². The molecule has 1 amide bonds. The van der Waals surface area contributed by atoms with E-state index in [-0.39, 0.29) is 23.5 Å². The largest absolute Gasteiger partial charge is 0.482 e. The number of anilines is 1. The molecule has 3 aromatic rings. The molecular weight excluding hydrogens is 380 g/mol. The van der Waals surface area contributed by atoms with Gasteiger partial charge >= 0.3 is 0 Å². The molecule has 0 unspecified atom stereocenters. The summed E-state index contributed by atoms with van der Waals surface area (Å²) in [6.45, 7) is 1.87. The van der Waals surface area contributed by atoms with Crippen LogP contribution in [0.15, 0.2) is 58.3 Å². The maximum absolute atomic E-state index is 12.8. The van der Waals surface area contributed by atoms with Gasteiger partial charge in [0.2, 0.25) is 0 Å². The van der Waals surface area contributed by atoms with Crippen molar-refractivity contribution in [2.75, 3.05) is 11.9 Å². The molecule has 0 radical (unpaired) electrons. The van der Waals surface area contributed by atoms with Gasteiger partial charge in [-0.25, -0.2) is 4.98 Å². The number of thiazole rings is 1. The van der Waals surface area contributed by atoms with Crippen molar-refractivity contribution < 1.29 is 14.3 Å². The summed E-state index contributed by atoms with van der Waals surface area (Å²) in [6, 6.07) is 15.1. The van der Waals surface area contributed by atoms with E-state index in [2.05, 4.69) is 10.3 Å². The first-order valence-corrected chi connectivity index (χ1v) is 10.1. The number of carbonyl (C=O) groups is 2. The fraction of sp³-hybridized carbons (Fsp3) is 0.150. The summed E-state index contributed by atoms with van der Waals surface area (Å²) < 4.78 is 6.19. The molecule has 1 N–H and O–H groups in total. The number of aromatic nitrogens is 1. The van der Waals surface area contributed by atoms with E-state index in [9.17, 15) is 9.59 Å². The number of carbonyl (C=O) groups excluding carboxylic acids is 2. The topological polar surface area (TPSA) is 68.3 Å². The molecule has 0 spiro atoms. The van der Waals surface area contributed by atoms with Gasteiger partial charge in [0.25, 0.3) is 5.91 Å². The summed E-state index contributed by atoms with van der Waals surface area (Å²) in [7, 11) is 0. The normalized spacial score (nSPS) is 14.0. The van der Waals surface area contributed by atoms with E-state index in [1.165, 1.54) is 23.1 Å². The molecule has 0 fully saturated rings. The lowest BCUT2D eigenvalue weighted by atomic mass is 10.1. The van der Waals surface area contributed by atoms with E-state index >= 15 is 0 Å². The second-order valence-corrected chi connectivity index (χ2v) is 8.48. The Bertz CT molecular complexity index is 1000. The molecule has 2 aromatic carbocycles. The zero-order valence-electron chi connectivity index (χ0n) is 14.5. The summed E-state index contributed by atoms with van der Waals surface area (Å²) >= 11 is 2.97. The molecule has 0 bridgehead atoms. The van der Waals surface area contributed by atoms with E-state index in [1.54, 1.807) is 18.2 Å². The van der Waals surface area contributed by atoms with Crippen molar-refractivity contribution >= 4 is 40.5 Å². The Balaban J connectivity index is 1.48. The number of ketones is 1. The lowest BCUT2D eigenvalue weighted by Crippen LogP contribution is -2.25. The summed E-state index contributed by atoms with van der Waals surface area (Å²) in [6.07, 6.45) is 0. The van der Waals surface area contributed by atoms with Crippen LogP contribution in [0.5, 0.6) is 5.75 Å². The van der Waals surface area contributed by atoms with Crippen molar-refractivity contribution in [3.05, 3.63) is 59.5 Å². The van der Waals surface area contributed by atoms with E-state index in [0.29, 0.717) is 17.0 Å². The first-order valence-electron chi connectivity index (χ1n) is 8.38. The maximum atomic E-state index is 12.8. The molecular formula is C20H16N2O3S2. The summed E-state index contributed by atoms with van der Waals surface area (Å²) in [5, 5.41) is 4.44. The highest BCUT2D eigenvalue weighted by Crippen LogP contribution is 2.33. The first kappa shape index (κ1) is 17.8. The number of rotatable bonds is 5. The van der Waals surface area contributed by atoms with Crippen molar-refractivity contribution in [3.8, 4) is 17.0 Å². The second-order valence-electron chi connectivity index (χ2n) is 6.04. The van der Waals surface area contributed by atoms with E-state index in [4.69, 9.17) is 4.74 Å². The van der Waals surface area contributed by atoms with Crippen LogP contribution in [-0.4, -0.2) is 28.5 Å². The van der Waals surface area contributed by atoms with Crippen molar-refractivity contribution in [1.82, 2.24) is 4.98 Å². The number of amides is 1. The van der Waals surface area contributed by atoms with Gasteiger partial charge in [0.1, 0.15) is 5.75 Å². The highest BCUT2D eigenvalue weighted by atomic mass is 32.2. The zero-order valence-corrected chi connectivity index (χ0v) is 16.1. The van der Waals surface area contributed by atoms with Gasteiger partial charge in [0.15, 0.2) is 16.7 Å². The molecule has 136 valence electrons. The molecule has 27 heavy (non-hydrogen) atoms. The number of hydrogen-bond acceptors (Lipinski definition) is 6. The Labute approximate surface area is 164 Å². The van der Waals surface area contributed by atoms with Crippen LogP contribution in [0.3, 0.4) is 0 Å². The third-order valence-electron chi connectivity index (χ3n) is 4.10. The monoisotopic (exact) mass is 396 g/mol. The van der Waals surface area contributed by atoms with E-state index < -0.39 is 0 Å². The average molecular weight is 396 g/mol. The number of Topliss-reactive ketones (excluding diaryl/α,β-unsaturated/α-hetero) is 1. The third kappa shape index (κ3) is 3.89. The standard InChI is InChI=1S/C20H16N2O3S2/c1-12(27-20-22-16(11-26-20)13-5-3-2-4-6-13)19(24)14-7-8-17-15(9-14)21-18(23)10-25-17/h2-9,11-12H,10H2,1H3,(H,21,23)/t12-/m1/s1. The van der Waals surface area contributed by atoms with Crippen molar-refractivity contribution in [2.24, 2.45) is 0 Å². The van der Waals surface area contributed by atoms with Gasteiger partial charge in [-0.15, -0.1) is 11.3 Å². The molecule has 2 heterocycles. The lowest BCUT2D eigenvalue weighted by molar-refractivity contribution is -0.118. The molecule has 5 nitrogen and oxygen atoms in total. The summed E-state index contributed by atoms with van der Waals surface area (Å²) in [4.78, 5) is 28.9. The summed E-state index contributed by atoms with van der Waals surface area (Å²) in [5.41, 5.74) is 3.05. The minimum atomic E-state index is -0.293. The Morgan fingerprint density at radius 1 is 1.26 bits per heavy atom. The van der Waals surface area contributed by atoms with Crippen LogP contribution in [-0.2, 0) is 4.79 Å². The van der Waals surface area contributed by atoms with Crippen LogP contribution in [0.1, 0.15) is 17.3 Å². The predicted molar refractivity (Wildman–Crippen MR) is 108 cm³/mol. The van der Waals surface area contributed by atoms with Gasteiger partial charge in [0, 0.05) is 16.5 Å². The van der Waals surface area contributed by atoms with Crippen molar-refractivity contribution in [2.45, 2.75) is 16.5 Å². The second kappa shape index (κ2) is 7.54. The van der Waals surface area contributed by atoms with Gasteiger partial charge in [-0.3, -0.25) is 9.59 Å². The number of fused-ring (bicyclic) bond motifs is 1. The molecule has 0 saturated heterocycles. The highest BCUT2D eigenvalue weighted by Gasteiger charge is 2.22.